The van der Waals surface area contributed by atoms with Crippen LogP contribution >= 0.6 is 0 Å². The van der Waals surface area contributed by atoms with Crippen molar-refractivity contribution in [3.8, 4) is 0 Å². The average molecular weight is 410 g/mol. The summed E-state index contributed by atoms with van der Waals surface area (Å²) >= 11 is 0. The third-order valence-corrected chi connectivity index (χ3v) is 4.60. The van der Waals surface area contributed by atoms with Gasteiger partial charge in [0.15, 0.2) is 5.43 Å². The molecule has 0 fully saturated rings. The first-order chi connectivity index (χ1) is 14.2. The number of hydrogen-bond acceptors (Lipinski definition) is 5. The van der Waals surface area contributed by atoms with Gasteiger partial charge in [-0.05, 0) is 35.9 Å². The first-order valence-electron chi connectivity index (χ1n) is 8.94. The van der Waals surface area contributed by atoms with Crippen molar-refractivity contribution in [1.29, 1.82) is 0 Å². The first-order valence-corrected chi connectivity index (χ1v) is 8.94. The molecule has 0 unspecified atom stereocenters. The highest BCUT2D eigenvalue weighted by Gasteiger charge is 2.16. The van der Waals surface area contributed by atoms with Gasteiger partial charge in [-0.15, -0.1) is 0 Å². The minimum absolute atomic E-state index is 0.211. The summed E-state index contributed by atoms with van der Waals surface area (Å²) in [6.07, 6.45) is 1.86. The summed E-state index contributed by atoms with van der Waals surface area (Å²) in [4.78, 5) is 37.0. The van der Waals surface area contributed by atoms with Crippen LogP contribution in [0.3, 0.4) is 0 Å². The number of ketones is 1. The molecule has 2 N–H and O–H groups in total. The molecular formula is C22H19FN2O5. The molecule has 3 aromatic rings. The van der Waals surface area contributed by atoms with Crippen molar-refractivity contribution in [2.75, 3.05) is 19.0 Å². The van der Waals surface area contributed by atoms with Crippen LogP contribution in [-0.2, 0) is 16.1 Å². The van der Waals surface area contributed by atoms with E-state index in [-0.39, 0.29) is 23.3 Å². The van der Waals surface area contributed by atoms with Gasteiger partial charge in [0.05, 0.1) is 11.1 Å². The van der Waals surface area contributed by atoms with Crippen molar-refractivity contribution in [3.05, 3.63) is 81.9 Å². The fraction of sp³-hybridized carbons (Fsp3) is 0.136. The van der Waals surface area contributed by atoms with Crippen LogP contribution in [-0.4, -0.2) is 40.6 Å². The summed E-state index contributed by atoms with van der Waals surface area (Å²) in [5, 5.41) is 19.3. The van der Waals surface area contributed by atoms with Gasteiger partial charge < -0.3 is 19.7 Å². The topological polar surface area (TPSA) is 99.8 Å². The number of aliphatic carboxylic acids is 1. The Hall–Kier alpha value is -3.94. The van der Waals surface area contributed by atoms with E-state index >= 15 is 0 Å². The smallest absolute Gasteiger partial charge is 0.376 e. The molecule has 0 amide bonds. The molecular weight excluding hydrogens is 391 g/mol. The maximum Gasteiger partial charge on any atom is 0.376 e. The van der Waals surface area contributed by atoms with Crippen LogP contribution in [0.2, 0.25) is 0 Å². The third-order valence-electron chi connectivity index (χ3n) is 4.60. The summed E-state index contributed by atoms with van der Waals surface area (Å²) in [7, 11) is 3.70. The zero-order valence-electron chi connectivity index (χ0n) is 16.3. The van der Waals surface area contributed by atoms with Crippen molar-refractivity contribution in [3.63, 3.8) is 0 Å². The number of aliphatic hydroxyl groups is 1. The van der Waals surface area contributed by atoms with Crippen molar-refractivity contribution < 1.29 is 24.2 Å². The number of aromatic nitrogens is 1. The zero-order valence-corrected chi connectivity index (χ0v) is 16.3. The van der Waals surface area contributed by atoms with E-state index in [1.807, 2.05) is 19.0 Å². The quantitative estimate of drug-likeness (QED) is 0.368. The number of pyridine rings is 1. The number of carbonyl (C=O) groups excluding carboxylic acids is 1. The number of halogens is 1. The fourth-order valence-corrected chi connectivity index (χ4v) is 3.02. The van der Waals surface area contributed by atoms with Gasteiger partial charge in [0.25, 0.3) is 5.78 Å². The number of fused-ring (bicyclic) bond motifs is 1. The van der Waals surface area contributed by atoms with Crippen LogP contribution in [0.4, 0.5) is 10.1 Å². The Morgan fingerprint density at radius 3 is 2.37 bits per heavy atom. The highest BCUT2D eigenvalue weighted by atomic mass is 19.1. The van der Waals surface area contributed by atoms with Gasteiger partial charge in [0.2, 0.25) is 0 Å². The SMILES string of the molecule is CN(C)c1ccc2c(=O)c(C(O)=CC(=O)C(=O)O)cn(Cc3ccc(F)cc3)c2c1. The highest BCUT2D eigenvalue weighted by molar-refractivity contribution is 6.38. The van der Waals surface area contributed by atoms with E-state index in [4.69, 9.17) is 5.11 Å². The largest absolute Gasteiger partial charge is 0.507 e. The Kier molecular flexibility index (Phi) is 5.68. The maximum atomic E-state index is 13.3. The molecule has 154 valence electrons. The summed E-state index contributed by atoms with van der Waals surface area (Å²) in [5.74, 6) is -4.21. The van der Waals surface area contributed by atoms with E-state index < -0.39 is 22.9 Å². The minimum Gasteiger partial charge on any atom is -0.507 e. The second-order valence-electron chi connectivity index (χ2n) is 6.92. The van der Waals surface area contributed by atoms with Gasteiger partial charge in [-0.2, -0.15) is 0 Å². The lowest BCUT2D eigenvalue weighted by molar-refractivity contribution is -0.146. The van der Waals surface area contributed by atoms with Gasteiger partial charge in [-0.3, -0.25) is 9.59 Å². The number of rotatable bonds is 6. The van der Waals surface area contributed by atoms with Gasteiger partial charge >= 0.3 is 5.97 Å². The van der Waals surface area contributed by atoms with Gasteiger partial charge in [0.1, 0.15) is 11.6 Å². The number of carboxylic acids is 1. The Morgan fingerprint density at radius 1 is 1.10 bits per heavy atom. The molecule has 0 bridgehead atoms. The van der Waals surface area contributed by atoms with E-state index in [0.29, 0.717) is 11.6 Å². The second kappa shape index (κ2) is 8.20. The number of carboxylic acid groups (broad SMARTS) is 1. The zero-order chi connectivity index (χ0) is 22.0. The Morgan fingerprint density at radius 2 is 1.77 bits per heavy atom. The molecule has 0 saturated heterocycles. The normalized spacial score (nSPS) is 11.5. The van der Waals surface area contributed by atoms with Crippen LogP contribution in [0.25, 0.3) is 16.7 Å². The molecule has 0 aliphatic rings. The molecule has 0 radical (unpaired) electrons. The number of nitrogens with zero attached hydrogens (tertiary/aromatic N) is 2. The molecule has 0 atom stereocenters. The molecule has 0 aliphatic carbocycles. The number of carbonyl (C=O) groups is 2. The van der Waals surface area contributed by atoms with Gasteiger partial charge in [-0.1, -0.05) is 12.1 Å². The molecule has 7 nitrogen and oxygen atoms in total. The minimum atomic E-state index is -1.75. The lowest BCUT2D eigenvalue weighted by Crippen LogP contribution is -2.17. The Bertz CT molecular complexity index is 1230. The van der Waals surface area contributed by atoms with Crippen LogP contribution in [0.5, 0.6) is 0 Å². The van der Waals surface area contributed by atoms with Gasteiger partial charge in [-0.25, -0.2) is 9.18 Å². The molecule has 8 heteroatoms. The fourth-order valence-electron chi connectivity index (χ4n) is 3.02. The Labute approximate surface area is 170 Å². The summed E-state index contributed by atoms with van der Waals surface area (Å²) in [6.45, 7) is 0.251. The maximum absolute atomic E-state index is 13.3. The number of anilines is 1. The van der Waals surface area contributed by atoms with Crippen LogP contribution < -0.4 is 10.3 Å². The predicted molar refractivity (Wildman–Crippen MR) is 111 cm³/mol. The molecule has 0 saturated carbocycles. The van der Waals surface area contributed by atoms with Gasteiger partial charge in [0, 0.05) is 44.0 Å². The van der Waals surface area contributed by atoms with E-state index in [0.717, 1.165) is 11.3 Å². The molecule has 2 aromatic carbocycles. The predicted octanol–water partition coefficient (Wildman–Crippen LogP) is 2.81. The highest BCUT2D eigenvalue weighted by Crippen LogP contribution is 2.22. The second-order valence-corrected chi connectivity index (χ2v) is 6.92. The van der Waals surface area contributed by atoms with Crippen molar-refractivity contribution >= 4 is 34.1 Å². The summed E-state index contributed by atoms with van der Waals surface area (Å²) in [5.41, 5.74) is 1.39. The number of hydrogen-bond donors (Lipinski definition) is 2. The van der Waals surface area contributed by atoms with Crippen LogP contribution in [0.15, 0.2) is 59.5 Å². The molecule has 30 heavy (non-hydrogen) atoms. The molecule has 0 spiro atoms. The lowest BCUT2D eigenvalue weighted by atomic mass is 10.1. The molecule has 0 aliphatic heterocycles. The standard InChI is InChI=1S/C22H19FN2O5/c1-24(2)15-7-8-16-18(9-15)25(11-13-3-5-14(23)6-4-13)12-17(21(16)28)19(26)10-20(27)22(29)30/h3-10,12,26H,11H2,1-2H3,(H,29,30). The average Bonchev–Trinajstić information content (AvgIpc) is 2.71. The van der Waals surface area contributed by atoms with Crippen molar-refractivity contribution in [1.82, 2.24) is 4.57 Å². The van der Waals surface area contributed by atoms with Crippen molar-refractivity contribution in [2.24, 2.45) is 0 Å². The lowest BCUT2D eigenvalue weighted by Gasteiger charge is -2.17. The number of benzene rings is 2. The number of aliphatic hydroxyl groups excluding tert-OH is 1. The molecule has 3 rings (SSSR count). The summed E-state index contributed by atoms with van der Waals surface area (Å²) in [6, 6.07) is 11.0. The van der Waals surface area contributed by atoms with E-state index in [2.05, 4.69) is 0 Å². The Balaban J connectivity index is 2.24. The van der Waals surface area contributed by atoms with Crippen LogP contribution in [0, 0.1) is 5.82 Å². The van der Waals surface area contributed by atoms with Crippen molar-refractivity contribution in [2.45, 2.75) is 6.54 Å². The van der Waals surface area contributed by atoms with E-state index in [1.165, 1.54) is 18.3 Å². The molecule has 1 heterocycles. The van der Waals surface area contributed by atoms with E-state index in [9.17, 15) is 23.9 Å². The molecule has 1 aromatic heterocycles. The third kappa shape index (κ3) is 4.22. The van der Waals surface area contributed by atoms with E-state index in [1.54, 1.807) is 34.9 Å². The van der Waals surface area contributed by atoms with Crippen LogP contribution in [0.1, 0.15) is 11.1 Å². The first kappa shape index (κ1) is 20.8. The monoisotopic (exact) mass is 410 g/mol. The summed E-state index contributed by atoms with van der Waals surface area (Å²) < 4.78 is 14.9.